The lowest BCUT2D eigenvalue weighted by Gasteiger charge is -2.25. The second-order valence-electron chi connectivity index (χ2n) is 8.43. The van der Waals surface area contributed by atoms with Gasteiger partial charge in [-0.25, -0.2) is 22.6 Å². The minimum Gasteiger partial charge on any atom is -0.443 e. The Morgan fingerprint density at radius 3 is 2.66 bits per heavy atom. The van der Waals surface area contributed by atoms with Gasteiger partial charge in [-0.15, -0.1) is 0 Å². The van der Waals surface area contributed by atoms with E-state index in [1.807, 2.05) is 6.07 Å². The van der Waals surface area contributed by atoms with Gasteiger partial charge in [-0.3, -0.25) is 0 Å². The zero-order chi connectivity index (χ0) is 23.3. The smallest absolute Gasteiger partial charge is 0.424 e. The molecule has 1 N–H and O–H groups in total. The number of nitrogens with one attached hydrogen (secondary N) is 1. The highest BCUT2D eigenvalue weighted by Gasteiger charge is 2.30. The van der Waals surface area contributed by atoms with Gasteiger partial charge in [0.15, 0.2) is 5.58 Å². The summed E-state index contributed by atoms with van der Waals surface area (Å²) in [4.78, 5) is 19.8. The predicted octanol–water partition coefficient (Wildman–Crippen LogP) is 4.81. The summed E-state index contributed by atoms with van der Waals surface area (Å²) in [6.45, 7) is 4.53. The number of aromatic nitrogens is 2. The largest absolute Gasteiger partial charge is 0.443 e. The molecule has 1 amide bonds. The van der Waals surface area contributed by atoms with Crippen molar-refractivity contribution in [3.8, 4) is 11.1 Å². The van der Waals surface area contributed by atoms with Crippen LogP contribution in [0.15, 0.2) is 47.0 Å². The van der Waals surface area contributed by atoms with Crippen molar-refractivity contribution in [1.29, 1.82) is 0 Å². The molecule has 4 rings (SSSR count). The van der Waals surface area contributed by atoms with E-state index in [1.54, 1.807) is 45.2 Å². The summed E-state index contributed by atoms with van der Waals surface area (Å²) in [5.74, 6) is -0.281. The van der Waals surface area contributed by atoms with Crippen LogP contribution in [-0.4, -0.2) is 40.6 Å². The zero-order valence-electron chi connectivity index (χ0n) is 18.0. The lowest BCUT2D eigenvalue weighted by atomic mass is 10.0. The van der Waals surface area contributed by atoms with Crippen LogP contribution in [0.2, 0.25) is 0 Å². The van der Waals surface area contributed by atoms with Crippen LogP contribution in [0, 0.1) is 5.82 Å². The van der Waals surface area contributed by atoms with Crippen molar-refractivity contribution in [3.05, 3.63) is 54.3 Å². The van der Waals surface area contributed by atoms with Crippen LogP contribution >= 0.6 is 0 Å². The molecule has 0 aliphatic heterocycles. The number of carbonyl (C=O) groups is 1. The Labute approximate surface area is 184 Å². The molecule has 0 aliphatic rings. The molecule has 0 saturated carbocycles. The average Bonchev–Trinajstić information content (AvgIpc) is 3.25. The van der Waals surface area contributed by atoms with Gasteiger partial charge < -0.3 is 14.1 Å². The number of hydrogen-bond acceptors (Lipinski definition) is 6. The Bertz CT molecular complexity index is 1430. The molecule has 2 aromatic heterocycles. The summed E-state index contributed by atoms with van der Waals surface area (Å²) in [7, 11) is -3.92. The van der Waals surface area contributed by atoms with Crippen LogP contribution < -0.4 is 0 Å². The molecule has 0 bridgehead atoms. The average molecular weight is 459 g/mol. The maximum Gasteiger partial charge on any atom is 0.424 e. The number of benzene rings is 2. The maximum absolute atomic E-state index is 13.5. The van der Waals surface area contributed by atoms with Crippen molar-refractivity contribution in [2.24, 2.45) is 0 Å². The summed E-state index contributed by atoms with van der Waals surface area (Å²) in [6, 6.07) is 9.83. The van der Waals surface area contributed by atoms with Crippen LogP contribution in [0.4, 0.5) is 9.18 Å². The monoisotopic (exact) mass is 459 g/mol. The molecule has 32 heavy (non-hydrogen) atoms. The molecule has 8 nitrogen and oxygen atoms in total. The first-order chi connectivity index (χ1) is 14.9. The third-order valence-electron chi connectivity index (χ3n) is 4.66. The standard InChI is InChI=1S/C22H22FN3O5S/c1-22(2,3)31-21(27)26(32(4,28)29)12-20-25-17-8-5-13(9-19(17)30-20)16-11-24-18-10-14(23)6-7-15(16)18/h5-11,24H,12H2,1-4H3. The van der Waals surface area contributed by atoms with Gasteiger partial charge in [-0.1, -0.05) is 6.07 Å². The highest BCUT2D eigenvalue weighted by molar-refractivity contribution is 7.88. The van der Waals surface area contributed by atoms with Crippen LogP contribution in [0.1, 0.15) is 26.7 Å². The fraction of sp³-hybridized carbons (Fsp3) is 0.273. The first kappa shape index (κ1) is 21.8. The fourth-order valence-electron chi connectivity index (χ4n) is 3.30. The number of carbonyl (C=O) groups excluding carboxylic acids is 1. The topological polar surface area (TPSA) is 106 Å². The van der Waals surface area contributed by atoms with E-state index in [0.717, 1.165) is 22.8 Å². The SMILES string of the molecule is CC(C)(C)OC(=O)N(Cc1nc2ccc(-c3c[nH]c4cc(F)ccc34)cc2o1)S(C)(=O)=O. The Kier molecular flexibility index (Phi) is 5.20. The number of nitrogens with zero attached hydrogens (tertiary/aromatic N) is 2. The Morgan fingerprint density at radius 1 is 1.22 bits per heavy atom. The summed E-state index contributed by atoms with van der Waals surface area (Å²) < 4.78 is 49.3. The number of fused-ring (bicyclic) bond motifs is 2. The third kappa shape index (κ3) is 4.45. The number of aromatic amines is 1. The molecule has 10 heteroatoms. The highest BCUT2D eigenvalue weighted by Crippen LogP contribution is 2.31. The van der Waals surface area contributed by atoms with Crippen molar-refractivity contribution in [3.63, 3.8) is 0 Å². The highest BCUT2D eigenvalue weighted by atomic mass is 32.2. The van der Waals surface area contributed by atoms with Gasteiger partial charge in [0.1, 0.15) is 23.5 Å². The first-order valence-electron chi connectivity index (χ1n) is 9.78. The molecule has 0 radical (unpaired) electrons. The molecule has 2 heterocycles. The van der Waals surface area contributed by atoms with Crippen molar-refractivity contribution >= 4 is 38.1 Å². The van der Waals surface area contributed by atoms with Crippen LogP contribution in [0.3, 0.4) is 0 Å². The molecule has 4 aromatic rings. The summed E-state index contributed by atoms with van der Waals surface area (Å²) >= 11 is 0. The van der Waals surface area contributed by atoms with Gasteiger partial charge in [0.25, 0.3) is 0 Å². The van der Waals surface area contributed by atoms with E-state index in [0.29, 0.717) is 20.9 Å². The predicted molar refractivity (Wildman–Crippen MR) is 118 cm³/mol. The summed E-state index contributed by atoms with van der Waals surface area (Å²) in [5, 5.41) is 0.846. The molecule has 0 atom stereocenters. The van der Waals surface area contributed by atoms with E-state index in [1.165, 1.54) is 12.1 Å². The van der Waals surface area contributed by atoms with Gasteiger partial charge in [-0.05, 0) is 56.7 Å². The number of oxazole rings is 1. The molecule has 0 spiro atoms. The van der Waals surface area contributed by atoms with E-state index in [2.05, 4.69) is 9.97 Å². The number of sulfonamides is 1. The Balaban J connectivity index is 1.67. The first-order valence-corrected chi connectivity index (χ1v) is 11.6. The van der Waals surface area contributed by atoms with Gasteiger partial charge in [-0.2, -0.15) is 4.31 Å². The molecule has 168 valence electrons. The molecule has 2 aromatic carbocycles. The van der Waals surface area contributed by atoms with Gasteiger partial charge in [0.05, 0.1) is 6.26 Å². The molecule has 0 saturated heterocycles. The number of amides is 1. The second-order valence-corrected chi connectivity index (χ2v) is 10.3. The Hall–Kier alpha value is -3.40. The lowest BCUT2D eigenvalue weighted by molar-refractivity contribution is 0.0373. The van der Waals surface area contributed by atoms with Crippen LogP contribution in [0.25, 0.3) is 33.1 Å². The Morgan fingerprint density at radius 2 is 1.97 bits per heavy atom. The maximum atomic E-state index is 13.5. The van der Waals surface area contributed by atoms with Gasteiger partial charge in [0, 0.05) is 22.7 Å². The van der Waals surface area contributed by atoms with Gasteiger partial charge in [0.2, 0.25) is 15.9 Å². The number of ether oxygens (including phenoxy) is 1. The van der Waals surface area contributed by atoms with Crippen molar-refractivity contribution in [1.82, 2.24) is 14.3 Å². The van der Waals surface area contributed by atoms with E-state index in [9.17, 15) is 17.6 Å². The zero-order valence-corrected chi connectivity index (χ0v) is 18.8. The number of H-pyrrole nitrogens is 1. The number of rotatable bonds is 4. The molecule has 0 unspecified atom stereocenters. The van der Waals surface area contributed by atoms with E-state index >= 15 is 0 Å². The molecule has 0 fully saturated rings. The lowest BCUT2D eigenvalue weighted by Crippen LogP contribution is -2.39. The van der Waals surface area contributed by atoms with Crippen LogP contribution in [0.5, 0.6) is 0 Å². The van der Waals surface area contributed by atoms with E-state index < -0.39 is 28.3 Å². The van der Waals surface area contributed by atoms with Crippen molar-refractivity contribution in [2.45, 2.75) is 32.9 Å². The normalized spacial score (nSPS) is 12.4. The third-order valence-corrected chi connectivity index (χ3v) is 5.74. The van der Waals surface area contributed by atoms with E-state index in [4.69, 9.17) is 9.15 Å². The minimum absolute atomic E-state index is 0.0504. The second kappa shape index (κ2) is 7.63. The van der Waals surface area contributed by atoms with Gasteiger partial charge >= 0.3 is 6.09 Å². The summed E-state index contributed by atoms with van der Waals surface area (Å²) in [6.07, 6.45) is 1.68. The quantitative estimate of drug-likeness (QED) is 0.469. The molecule has 0 aliphatic carbocycles. The van der Waals surface area contributed by atoms with E-state index in [-0.39, 0.29) is 11.7 Å². The molecular weight excluding hydrogens is 437 g/mol. The number of halogens is 1. The summed E-state index contributed by atoms with van der Waals surface area (Å²) in [5.41, 5.74) is 2.40. The molecular formula is C22H22FN3O5S. The minimum atomic E-state index is -3.92. The van der Waals surface area contributed by atoms with Crippen LogP contribution in [-0.2, 0) is 21.3 Å². The van der Waals surface area contributed by atoms with Crippen molar-refractivity contribution in [2.75, 3.05) is 6.26 Å². The fourth-order valence-corrected chi connectivity index (χ4v) is 3.95. The number of hydrogen-bond donors (Lipinski definition) is 1. The van der Waals surface area contributed by atoms with Crippen molar-refractivity contribution < 1.29 is 26.8 Å².